The predicted octanol–water partition coefficient (Wildman–Crippen LogP) is 4.82. The van der Waals surface area contributed by atoms with Crippen LogP contribution in [0.5, 0.6) is 0 Å². The number of esters is 1. The molecule has 1 aliphatic carbocycles. The van der Waals surface area contributed by atoms with Gasteiger partial charge in [0, 0.05) is 23.4 Å². The van der Waals surface area contributed by atoms with Gasteiger partial charge >= 0.3 is 5.97 Å². The van der Waals surface area contributed by atoms with E-state index < -0.39 is 5.97 Å². The largest absolute Gasteiger partial charge is 0.462 e. The van der Waals surface area contributed by atoms with Gasteiger partial charge in [-0.15, -0.1) is 0 Å². The number of amides is 1. The summed E-state index contributed by atoms with van der Waals surface area (Å²) >= 11 is 0. The summed E-state index contributed by atoms with van der Waals surface area (Å²) in [6, 6.07) is 17.4. The fourth-order valence-corrected chi connectivity index (χ4v) is 3.58. The van der Waals surface area contributed by atoms with Crippen molar-refractivity contribution in [3.05, 3.63) is 66.4 Å². The molecule has 4 aromatic rings. The van der Waals surface area contributed by atoms with Crippen LogP contribution < -0.4 is 5.32 Å². The molecule has 0 spiro atoms. The lowest BCUT2D eigenvalue weighted by atomic mass is 10.0. The van der Waals surface area contributed by atoms with Crippen LogP contribution in [0.15, 0.2) is 60.8 Å². The summed E-state index contributed by atoms with van der Waals surface area (Å²) in [6.07, 6.45) is 3.53. The minimum Gasteiger partial charge on any atom is -0.462 e. The average molecular weight is 426 g/mol. The van der Waals surface area contributed by atoms with Crippen molar-refractivity contribution in [3.63, 3.8) is 0 Å². The van der Waals surface area contributed by atoms with Gasteiger partial charge in [0.05, 0.1) is 17.7 Å². The highest BCUT2D eigenvalue weighted by molar-refractivity contribution is 6.01. The van der Waals surface area contributed by atoms with Gasteiger partial charge in [0.2, 0.25) is 5.91 Å². The van der Waals surface area contributed by atoms with Crippen molar-refractivity contribution >= 4 is 28.7 Å². The average Bonchev–Trinajstić information content (AvgIpc) is 3.58. The van der Waals surface area contributed by atoms with Gasteiger partial charge in [0.15, 0.2) is 5.65 Å². The zero-order valence-electron chi connectivity index (χ0n) is 17.6. The Bertz CT molecular complexity index is 1290. The number of rotatable bonds is 6. The summed E-state index contributed by atoms with van der Waals surface area (Å²) in [5.41, 5.74) is 5.25. The van der Waals surface area contributed by atoms with Gasteiger partial charge in [0.1, 0.15) is 5.82 Å². The minimum atomic E-state index is -0.401. The van der Waals surface area contributed by atoms with Crippen molar-refractivity contribution in [2.45, 2.75) is 19.8 Å². The second-order valence-corrected chi connectivity index (χ2v) is 7.78. The lowest BCUT2D eigenvalue weighted by Crippen LogP contribution is -2.12. The Kier molecular flexibility index (Phi) is 5.15. The fourth-order valence-electron chi connectivity index (χ4n) is 3.58. The Morgan fingerprint density at radius 3 is 2.31 bits per heavy atom. The molecule has 0 bridgehead atoms. The lowest BCUT2D eigenvalue weighted by Gasteiger charge is -2.07. The zero-order valence-corrected chi connectivity index (χ0v) is 17.6. The molecule has 2 heterocycles. The normalized spacial score (nSPS) is 13.2. The number of pyridine rings is 1. The number of benzene rings is 2. The van der Waals surface area contributed by atoms with Crippen molar-refractivity contribution in [3.8, 4) is 22.5 Å². The number of H-pyrrole nitrogens is 1. The number of aromatic amines is 1. The van der Waals surface area contributed by atoms with Crippen LogP contribution in [-0.2, 0) is 9.53 Å². The molecule has 1 saturated carbocycles. The molecule has 0 radical (unpaired) electrons. The topological polar surface area (TPSA) is 97.0 Å². The van der Waals surface area contributed by atoms with Gasteiger partial charge in [-0.3, -0.25) is 4.79 Å². The quantitative estimate of drug-likeness (QED) is 0.431. The maximum atomic E-state index is 12.2. The number of imidazole rings is 1. The van der Waals surface area contributed by atoms with E-state index in [1.807, 2.05) is 48.5 Å². The van der Waals surface area contributed by atoms with Gasteiger partial charge < -0.3 is 15.0 Å². The Labute approximate surface area is 184 Å². The summed E-state index contributed by atoms with van der Waals surface area (Å²) < 4.78 is 5.12. The molecule has 32 heavy (non-hydrogen) atoms. The Morgan fingerprint density at radius 2 is 1.66 bits per heavy atom. The number of fused-ring (bicyclic) bond motifs is 1. The van der Waals surface area contributed by atoms with Crippen LogP contribution in [0.25, 0.3) is 33.7 Å². The maximum absolute atomic E-state index is 12.2. The smallest absolute Gasteiger partial charge is 0.340 e. The van der Waals surface area contributed by atoms with E-state index in [0.717, 1.165) is 35.2 Å². The van der Waals surface area contributed by atoms with Crippen LogP contribution in [0.2, 0.25) is 0 Å². The summed E-state index contributed by atoms with van der Waals surface area (Å²) in [5.74, 6) is 0.522. The first-order chi connectivity index (χ1) is 15.6. The molecule has 5 rings (SSSR count). The van der Waals surface area contributed by atoms with E-state index in [1.165, 1.54) is 0 Å². The van der Waals surface area contributed by atoms with Crippen LogP contribution >= 0.6 is 0 Å². The molecule has 0 atom stereocenters. The molecule has 2 aromatic carbocycles. The molecule has 1 aliphatic rings. The highest BCUT2D eigenvalue weighted by Crippen LogP contribution is 2.31. The highest BCUT2D eigenvalue weighted by atomic mass is 16.5. The second kappa shape index (κ2) is 8.26. The SMILES string of the molecule is CCOC(=O)c1ccnc2nc(-c3ccc(-c4ccc(NC(=O)C5CC5)cc4)cc3)[nH]c12. The monoisotopic (exact) mass is 426 g/mol. The summed E-state index contributed by atoms with van der Waals surface area (Å²) in [4.78, 5) is 36.1. The van der Waals surface area contributed by atoms with E-state index in [9.17, 15) is 9.59 Å². The minimum absolute atomic E-state index is 0.105. The number of nitrogens with one attached hydrogen (secondary N) is 2. The molecule has 1 fully saturated rings. The number of aromatic nitrogens is 3. The number of hydrogen-bond donors (Lipinski definition) is 2. The van der Waals surface area contributed by atoms with Crippen molar-refractivity contribution in [2.24, 2.45) is 5.92 Å². The molecular formula is C25H22N4O3. The van der Waals surface area contributed by atoms with Crippen LogP contribution in [0.4, 0.5) is 5.69 Å². The number of carbonyl (C=O) groups excluding carboxylic acids is 2. The predicted molar refractivity (Wildman–Crippen MR) is 122 cm³/mol. The van der Waals surface area contributed by atoms with Crippen LogP contribution in [0, 0.1) is 5.92 Å². The summed E-state index contributed by atoms with van der Waals surface area (Å²) in [5, 5.41) is 2.96. The lowest BCUT2D eigenvalue weighted by molar-refractivity contribution is -0.117. The first kappa shape index (κ1) is 19.9. The third kappa shape index (κ3) is 3.97. The first-order valence-electron chi connectivity index (χ1n) is 10.7. The zero-order chi connectivity index (χ0) is 22.1. The molecule has 2 aromatic heterocycles. The Balaban J connectivity index is 1.36. The van der Waals surface area contributed by atoms with E-state index >= 15 is 0 Å². The maximum Gasteiger partial charge on any atom is 0.340 e. The third-order valence-electron chi connectivity index (χ3n) is 5.48. The van der Waals surface area contributed by atoms with E-state index in [4.69, 9.17) is 4.74 Å². The van der Waals surface area contributed by atoms with Crippen molar-refractivity contribution in [1.29, 1.82) is 0 Å². The molecule has 160 valence electrons. The Hall–Kier alpha value is -4.00. The van der Waals surface area contributed by atoms with E-state index in [2.05, 4.69) is 20.3 Å². The number of anilines is 1. The standard InChI is InChI=1S/C25H22N4O3/c1-2-32-25(31)20-13-14-26-23-21(20)28-22(29-23)17-5-3-15(4-6-17)16-9-11-19(12-10-16)27-24(30)18-7-8-18/h3-6,9-14,18H,2,7-8H2,1H3,(H,27,30)(H,26,28,29). The van der Waals surface area contributed by atoms with E-state index in [-0.39, 0.29) is 11.8 Å². The van der Waals surface area contributed by atoms with Crippen LogP contribution in [0.1, 0.15) is 30.1 Å². The molecule has 0 saturated heterocycles. The number of nitrogens with zero attached hydrogens (tertiary/aromatic N) is 2. The van der Waals surface area contributed by atoms with Crippen LogP contribution in [0.3, 0.4) is 0 Å². The third-order valence-corrected chi connectivity index (χ3v) is 5.48. The van der Waals surface area contributed by atoms with E-state index in [0.29, 0.717) is 29.2 Å². The number of carbonyl (C=O) groups is 2. The molecular weight excluding hydrogens is 404 g/mol. The Morgan fingerprint density at radius 1 is 1.00 bits per heavy atom. The summed E-state index contributed by atoms with van der Waals surface area (Å²) in [6.45, 7) is 2.08. The van der Waals surface area contributed by atoms with Gasteiger partial charge in [-0.05, 0) is 49.1 Å². The van der Waals surface area contributed by atoms with Crippen molar-refractivity contribution < 1.29 is 14.3 Å². The summed E-state index contributed by atoms with van der Waals surface area (Å²) in [7, 11) is 0. The molecule has 1 amide bonds. The van der Waals surface area contributed by atoms with Crippen molar-refractivity contribution in [2.75, 3.05) is 11.9 Å². The number of hydrogen-bond acceptors (Lipinski definition) is 5. The van der Waals surface area contributed by atoms with Gasteiger partial charge in [-0.25, -0.2) is 14.8 Å². The van der Waals surface area contributed by atoms with Crippen molar-refractivity contribution in [1.82, 2.24) is 15.0 Å². The van der Waals surface area contributed by atoms with Gasteiger partial charge in [-0.1, -0.05) is 36.4 Å². The fraction of sp³-hybridized carbons (Fsp3) is 0.200. The molecule has 7 heteroatoms. The first-order valence-corrected chi connectivity index (χ1v) is 10.7. The molecule has 0 aliphatic heterocycles. The molecule has 0 unspecified atom stereocenters. The van der Waals surface area contributed by atoms with Gasteiger partial charge in [-0.2, -0.15) is 0 Å². The highest BCUT2D eigenvalue weighted by Gasteiger charge is 2.29. The molecule has 7 nitrogen and oxygen atoms in total. The van der Waals surface area contributed by atoms with E-state index in [1.54, 1.807) is 19.2 Å². The second-order valence-electron chi connectivity index (χ2n) is 7.78. The van der Waals surface area contributed by atoms with Gasteiger partial charge in [0.25, 0.3) is 0 Å². The number of ether oxygens (including phenoxy) is 1. The van der Waals surface area contributed by atoms with Crippen LogP contribution in [-0.4, -0.2) is 33.4 Å². The molecule has 2 N–H and O–H groups in total.